The molecule has 1 aliphatic rings. The zero-order valence-electron chi connectivity index (χ0n) is 9.67. The lowest BCUT2D eigenvalue weighted by Gasteiger charge is -2.21. The summed E-state index contributed by atoms with van der Waals surface area (Å²) in [4.78, 5) is 7.55. The predicted molar refractivity (Wildman–Crippen MR) is 65.3 cm³/mol. The van der Waals surface area contributed by atoms with Gasteiger partial charge in [0.2, 0.25) is 0 Å². The van der Waals surface area contributed by atoms with Crippen molar-refractivity contribution in [1.82, 2.24) is 15.3 Å². The molecule has 2 heterocycles. The Kier molecular flexibility index (Phi) is 2.81. The van der Waals surface area contributed by atoms with Gasteiger partial charge in [0.15, 0.2) is 5.82 Å². The van der Waals surface area contributed by atoms with Crippen molar-refractivity contribution in [3.63, 3.8) is 0 Å². The number of piperidine rings is 1. The molecule has 17 heavy (non-hydrogen) atoms. The van der Waals surface area contributed by atoms with E-state index in [2.05, 4.69) is 15.3 Å². The molecule has 1 aromatic heterocycles. The van der Waals surface area contributed by atoms with Crippen molar-refractivity contribution < 1.29 is 4.39 Å². The molecule has 0 saturated carbocycles. The first kappa shape index (κ1) is 10.7. The van der Waals surface area contributed by atoms with Crippen LogP contribution >= 0.6 is 0 Å². The second-order valence-corrected chi connectivity index (χ2v) is 4.74. The first-order valence-corrected chi connectivity index (χ1v) is 6.17. The van der Waals surface area contributed by atoms with Gasteiger partial charge in [0.25, 0.3) is 0 Å². The second-order valence-electron chi connectivity index (χ2n) is 4.74. The van der Waals surface area contributed by atoms with Crippen LogP contribution < -0.4 is 5.32 Å². The van der Waals surface area contributed by atoms with Crippen molar-refractivity contribution >= 4 is 11.0 Å². The summed E-state index contributed by atoms with van der Waals surface area (Å²) in [7, 11) is 0. The molecule has 1 unspecified atom stereocenters. The molecular formula is C13H16FN3. The van der Waals surface area contributed by atoms with E-state index >= 15 is 0 Å². The van der Waals surface area contributed by atoms with Crippen LogP contribution in [0.15, 0.2) is 18.2 Å². The number of hydrogen-bond acceptors (Lipinski definition) is 2. The van der Waals surface area contributed by atoms with E-state index in [1.54, 1.807) is 6.07 Å². The molecule has 3 rings (SSSR count). The number of benzene rings is 1. The zero-order valence-corrected chi connectivity index (χ0v) is 9.67. The minimum absolute atomic E-state index is 0.244. The molecule has 0 bridgehead atoms. The van der Waals surface area contributed by atoms with Crippen LogP contribution in [0.2, 0.25) is 0 Å². The first-order chi connectivity index (χ1) is 8.33. The molecule has 1 aromatic carbocycles. The van der Waals surface area contributed by atoms with Gasteiger partial charge in [0.1, 0.15) is 11.3 Å². The molecule has 90 valence electrons. The lowest BCUT2D eigenvalue weighted by molar-refractivity contribution is 0.371. The molecule has 2 N–H and O–H groups in total. The zero-order chi connectivity index (χ0) is 11.7. The largest absolute Gasteiger partial charge is 0.342 e. The SMILES string of the molecule is Fc1cccc2[nH]c(CC3CCCNC3)nc12. The molecule has 1 aliphatic heterocycles. The molecular weight excluding hydrogens is 217 g/mol. The van der Waals surface area contributed by atoms with Crippen molar-refractivity contribution in [2.75, 3.05) is 13.1 Å². The Balaban J connectivity index is 1.83. The summed E-state index contributed by atoms with van der Waals surface area (Å²) in [6, 6.07) is 5.03. The summed E-state index contributed by atoms with van der Waals surface area (Å²) in [6.45, 7) is 2.16. The molecule has 3 nitrogen and oxygen atoms in total. The minimum Gasteiger partial charge on any atom is -0.342 e. The number of nitrogens with one attached hydrogen (secondary N) is 2. The summed E-state index contributed by atoms with van der Waals surface area (Å²) < 4.78 is 13.5. The fraction of sp³-hybridized carbons (Fsp3) is 0.462. The van der Waals surface area contributed by atoms with Gasteiger partial charge in [-0.2, -0.15) is 0 Å². The molecule has 0 spiro atoms. The van der Waals surface area contributed by atoms with E-state index in [1.165, 1.54) is 18.9 Å². The van der Waals surface area contributed by atoms with Gasteiger partial charge >= 0.3 is 0 Å². The highest BCUT2D eigenvalue weighted by molar-refractivity contribution is 5.75. The van der Waals surface area contributed by atoms with Crippen molar-refractivity contribution in [2.45, 2.75) is 19.3 Å². The fourth-order valence-corrected chi connectivity index (χ4v) is 2.52. The average Bonchev–Trinajstić information content (AvgIpc) is 2.74. The number of aromatic nitrogens is 2. The van der Waals surface area contributed by atoms with Crippen LogP contribution in [0.5, 0.6) is 0 Å². The van der Waals surface area contributed by atoms with Gasteiger partial charge in [-0.1, -0.05) is 6.07 Å². The molecule has 0 amide bonds. The number of aromatic amines is 1. The number of nitrogens with zero attached hydrogens (tertiary/aromatic N) is 1. The molecule has 1 saturated heterocycles. The smallest absolute Gasteiger partial charge is 0.151 e. The summed E-state index contributed by atoms with van der Waals surface area (Å²) in [5.74, 6) is 1.28. The Hall–Kier alpha value is -1.42. The Labute approximate surface area is 99.4 Å². The van der Waals surface area contributed by atoms with E-state index in [1.807, 2.05) is 6.07 Å². The van der Waals surface area contributed by atoms with Gasteiger partial charge in [-0.25, -0.2) is 9.37 Å². The van der Waals surface area contributed by atoms with E-state index in [4.69, 9.17) is 0 Å². The van der Waals surface area contributed by atoms with E-state index in [9.17, 15) is 4.39 Å². The summed E-state index contributed by atoms with van der Waals surface area (Å²) in [5, 5.41) is 3.38. The van der Waals surface area contributed by atoms with Gasteiger partial charge in [-0.15, -0.1) is 0 Å². The van der Waals surface area contributed by atoms with Crippen LogP contribution in [0.3, 0.4) is 0 Å². The van der Waals surface area contributed by atoms with Crippen molar-refractivity contribution in [3.05, 3.63) is 29.8 Å². The lowest BCUT2D eigenvalue weighted by Crippen LogP contribution is -2.31. The third-order valence-electron chi connectivity index (χ3n) is 3.39. The van der Waals surface area contributed by atoms with Gasteiger partial charge < -0.3 is 10.3 Å². The standard InChI is InChI=1S/C13H16FN3/c14-10-4-1-5-11-13(10)17-12(16-11)7-9-3-2-6-15-8-9/h1,4-5,9,15H,2-3,6-8H2,(H,16,17). The monoisotopic (exact) mass is 233 g/mol. The van der Waals surface area contributed by atoms with E-state index in [-0.39, 0.29) is 5.82 Å². The van der Waals surface area contributed by atoms with Crippen LogP contribution in [0.4, 0.5) is 4.39 Å². The molecule has 2 aromatic rings. The Morgan fingerprint density at radius 3 is 3.12 bits per heavy atom. The number of fused-ring (bicyclic) bond motifs is 1. The summed E-state index contributed by atoms with van der Waals surface area (Å²) in [6.07, 6.45) is 3.35. The number of imidazole rings is 1. The third-order valence-corrected chi connectivity index (χ3v) is 3.39. The topological polar surface area (TPSA) is 40.7 Å². The summed E-state index contributed by atoms with van der Waals surface area (Å²) >= 11 is 0. The molecule has 1 atom stereocenters. The van der Waals surface area contributed by atoms with Crippen LogP contribution in [0.1, 0.15) is 18.7 Å². The number of H-pyrrole nitrogens is 1. The van der Waals surface area contributed by atoms with Gasteiger partial charge in [-0.3, -0.25) is 0 Å². The molecule has 4 heteroatoms. The van der Waals surface area contributed by atoms with Crippen LogP contribution in [0.25, 0.3) is 11.0 Å². The molecule has 0 aliphatic carbocycles. The second kappa shape index (κ2) is 4.45. The molecule has 0 radical (unpaired) electrons. The maximum absolute atomic E-state index is 13.5. The van der Waals surface area contributed by atoms with E-state index in [0.717, 1.165) is 30.9 Å². The van der Waals surface area contributed by atoms with E-state index in [0.29, 0.717) is 11.4 Å². The summed E-state index contributed by atoms with van der Waals surface area (Å²) in [5.41, 5.74) is 1.26. The predicted octanol–water partition coefficient (Wildman–Crippen LogP) is 2.24. The normalized spacial score (nSPS) is 20.9. The van der Waals surface area contributed by atoms with Crippen molar-refractivity contribution in [2.24, 2.45) is 5.92 Å². The Bertz CT molecular complexity index is 514. The highest BCUT2D eigenvalue weighted by atomic mass is 19.1. The van der Waals surface area contributed by atoms with Gasteiger partial charge in [0, 0.05) is 6.42 Å². The number of rotatable bonds is 2. The highest BCUT2D eigenvalue weighted by Gasteiger charge is 2.16. The molecule has 1 fully saturated rings. The minimum atomic E-state index is -0.244. The van der Waals surface area contributed by atoms with Gasteiger partial charge in [0.05, 0.1) is 5.52 Å². The lowest BCUT2D eigenvalue weighted by atomic mass is 9.96. The highest BCUT2D eigenvalue weighted by Crippen LogP contribution is 2.19. The average molecular weight is 233 g/mol. The van der Waals surface area contributed by atoms with Gasteiger partial charge in [-0.05, 0) is 44.0 Å². The van der Waals surface area contributed by atoms with Crippen LogP contribution in [-0.4, -0.2) is 23.1 Å². The first-order valence-electron chi connectivity index (χ1n) is 6.17. The maximum atomic E-state index is 13.5. The number of para-hydroxylation sites is 1. The van der Waals surface area contributed by atoms with Crippen LogP contribution in [-0.2, 0) is 6.42 Å². The van der Waals surface area contributed by atoms with Crippen LogP contribution in [0, 0.1) is 11.7 Å². The van der Waals surface area contributed by atoms with Crippen molar-refractivity contribution in [1.29, 1.82) is 0 Å². The quantitative estimate of drug-likeness (QED) is 0.835. The van der Waals surface area contributed by atoms with E-state index < -0.39 is 0 Å². The third kappa shape index (κ3) is 2.17. The fourth-order valence-electron chi connectivity index (χ4n) is 2.52. The maximum Gasteiger partial charge on any atom is 0.151 e. The van der Waals surface area contributed by atoms with Crippen molar-refractivity contribution in [3.8, 4) is 0 Å². The number of hydrogen-bond donors (Lipinski definition) is 2. The Morgan fingerprint density at radius 1 is 1.41 bits per heavy atom. The number of halogens is 1. The Morgan fingerprint density at radius 2 is 2.35 bits per heavy atom.